The van der Waals surface area contributed by atoms with Crippen molar-refractivity contribution in [2.75, 3.05) is 31.1 Å². The molecular weight excluding hydrogens is 426 g/mol. The van der Waals surface area contributed by atoms with E-state index in [0.29, 0.717) is 18.1 Å². The number of rotatable bonds is 5. The Bertz CT molecular complexity index is 1120. The first-order valence-electron chi connectivity index (χ1n) is 11.6. The summed E-state index contributed by atoms with van der Waals surface area (Å²) in [6.07, 6.45) is 9.47. The summed E-state index contributed by atoms with van der Waals surface area (Å²) in [6.45, 7) is 5.64. The maximum Gasteiger partial charge on any atom is 0.341 e. The van der Waals surface area contributed by atoms with Crippen molar-refractivity contribution in [1.82, 2.24) is 19.4 Å². The Balaban J connectivity index is 1.28. The van der Waals surface area contributed by atoms with Crippen LogP contribution in [-0.2, 0) is 6.54 Å². The molecule has 3 aliphatic rings. The molecule has 0 amide bonds. The molecule has 1 saturated heterocycles. The molecule has 0 aromatic carbocycles. The molecule has 5 rings (SSSR count). The number of carboxylic acid groups (broad SMARTS) is 1. The van der Waals surface area contributed by atoms with Crippen molar-refractivity contribution < 1.29 is 9.90 Å². The first-order valence-corrected chi connectivity index (χ1v) is 12.0. The van der Waals surface area contributed by atoms with Gasteiger partial charge < -0.3 is 19.5 Å². The minimum absolute atomic E-state index is 0.237. The molecule has 3 atom stereocenters. The first kappa shape index (κ1) is 21.3. The van der Waals surface area contributed by atoms with Crippen LogP contribution < -0.4 is 10.3 Å². The normalized spacial score (nSPS) is 25.0. The predicted molar refractivity (Wildman–Crippen MR) is 126 cm³/mol. The van der Waals surface area contributed by atoms with Gasteiger partial charge in [0, 0.05) is 51.5 Å². The van der Waals surface area contributed by atoms with Crippen LogP contribution in [0.4, 0.5) is 5.95 Å². The molecule has 3 unspecified atom stereocenters. The maximum absolute atomic E-state index is 12.5. The van der Waals surface area contributed by atoms with E-state index in [1.54, 1.807) is 4.57 Å². The van der Waals surface area contributed by atoms with Crippen molar-refractivity contribution in [2.24, 2.45) is 17.8 Å². The molecule has 9 heteroatoms. The summed E-state index contributed by atoms with van der Waals surface area (Å²) in [5.41, 5.74) is -0.324. The third-order valence-electron chi connectivity index (χ3n) is 7.61. The number of piperazine rings is 1. The van der Waals surface area contributed by atoms with E-state index >= 15 is 0 Å². The molecule has 3 heterocycles. The molecule has 2 aliphatic carbocycles. The van der Waals surface area contributed by atoms with Crippen LogP contribution in [0.1, 0.15) is 49.4 Å². The number of fused-ring (bicyclic) bond motifs is 3. The van der Waals surface area contributed by atoms with Crippen molar-refractivity contribution in [1.29, 1.82) is 0 Å². The third-order valence-corrected chi connectivity index (χ3v) is 8.03. The SMILES string of the molecule is CCn1cc(C(=O)O)c(=O)c2cnc(N3CCN(C(=S)CC4CC5CCC4C5)CC3)nc21. The van der Waals surface area contributed by atoms with Gasteiger partial charge in [0.2, 0.25) is 11.4 Å². The molecule has 0 spiro atoms. The molecular formula is C23H29N5O3S. The van der Waals surface area contributed by atoms with Gasteiger partial charge >= 0.3 is 5.97 Å². The number of pyridine rings is 1. The van der Waals surface area contributed by atoms with Gasteiger partial charge in [-0.1, -0.05) is 18.6 Å². The van der Waals surface area contributed by atoms with E-state index in [0.717, 1.165) is 55.3 Å². The van der Waals surface area contributed by atoms with Crippen molar-refractivity contribution >= 4 is 40.2 Å². The zero-order valence-corrected chi connectivity index (χ0v) is 19.2. The molecule has 8 nitrogen and oxygen atoms in total. The number of nitrogens with zero attached hydrogens (tertiary/aromatic N) is 5. The number of anilines is 1. The van der Waals surface area contributed by atoms with E-state index in [1.807, 2.05) is 6.92 Å². The molecule has 3 fully saturated rings. The van der Waals surface area contributed by atoms with Crippen LogP contribution >= 0.6 is 12.2 Å². The van der Waals surface area contributed by atoms with Gasteiger partial charge in [-0.2, -0.15) is 4.98 Å². The zero-order valence-electron chi connectivity index (χ0n) is 18.4. The fourth-order valence-corrected chi connectivity index (χ4v) is 6.24. The quantitative estimate of drug-likeness (QED) is 0.688. The van der Waals surface area contributed by atoms with Gasteiger partial charge in [0.05, 0.1) is 10.4 Å². The second kappa shape index (κ2) is 8.42. The fourth-order valence-electron chi connectivity index (χ4n) is 5.85. The number of carboxylic acids is 1. The Morgan fingerprint density at radius 2 is 2.00 bits per heavy atom. The summed E-state index contributed by atoms with van der Waals surface area (Å²) < 4.78 is 1.70. The van der Waals surface area contributed by atoms with Gasteiger partial charge in [0.25, 0.3) is 0 Å². The molecule has 2 bridgehead atoms. The van der Waals surface area contributed by atoms with Crippen LogP contribution in [-0.4, -0.2) is 61.7 Å². The monoisotopic (exact) mass is 455 g/mol. The molecule has 1 N–H and O–H groups in total. The lowest BCUT2D eigenvalue weighted by Crippen LogP contribution is -2.49. The van der Waals surface area contributed by atoms with Crippen LogP contribution in [0.5, 0.6) is 0 Å². The van der Waals surface area contributed by atoms with Crippen LogP contribution in [0.15, 0.2) is 17.2 Å². The van der Waals surface area contributed by atoms with Crippen LogP contribution in [0.3, 0.4) is 0 Å². The number of carbonyl (C=O) groups is 1. The predicted octanol–water partition coefficient (Wildman–Crippen LogP) is 2.79. The number of aromatic nitrogens is 3. The molecule has 2 saturated carbocycles. The molecule has 2 aromatic rings. The molecule has 2 aromatic heterocycles. The topological polar surface area (TPSA) is 91.6 Å². The Kier molecular flexibility index (Phi) is 5.61. The highest BCUT2D eigenvalue weighted by atomic mass is 32.1. The standard InChI is InChI=1S/C23H29N5O3S/c1-2-26-13-18(22(30)31)20(29)17-12-24-23(25-21(17)26)28-7-5-27(6-8-28)19(32)11-16-10-14-3-4-15(16)9-14/h12-16H,2-11H2,1H3,(H,30,31). The van der Waals surface area contributed by atoms with Gasteiger partial charge in [-0.15, -0.1) is 0 Å². The summed E-state index contributed by atoms with van der Waals surface area (Å²) in [7, 11) is 0. The zero-order chi connectivity index (χ0) is 22.4. The van der Waals surface area contributed by atoms with Crippen molar-refractivity contribution in [2.45, 2.75) is 45.6 Å². The Hall–Kier alpha value is -2.55. The average Bonchev–Trinajstić information content (AvgIpc) is 3.42. The second-order valence-electron chi connectivity index (χ2n) is 9.38. The van der Waals surface area contributed by atoms with Gasteiger partial charge in [-0.05, 0) is 43.9 Å². The van der Waals surface area contributed by atoms with E-state index in [2.05, 4.69) is 19.8 Å². The van der Waals surface area contributed by atoms with Gasteiger partial charge in [-0.3, -0.25) is 4.79 Å². The van der Waals surface area contributed by atoms with Crippen molar-refractivity contribution in [3.05, 3.63) is 28.2 Å². The summed E-state index contributed by atoms with van der Waals surface area (Å²) >= 11 is 5.82. The maximum atomic E-state index is 12.5. The van der Waals surface area contributed by atoms with Gasteiger partial charge in [0.1, 0.15) is 11.2 Å². The van der Waals surface area contributed by atoms with Crippen LogP contribution in [0.25, 0.3) is 11.0 Å². The van der Waals surface area contributed by atoms with E-state index in [-0.39, 0.29) is 10.9 Å². The summed E-state index contributed by atoms with van der Waals surface area (Å²) in [5, 5.41) is 9.55. The lowest BCUT2D eigenvalue weighted by atomic mass is 9.86. The largest absolute Gasteiger partial charge is 0.477 e. The minimum atomic E-state index is -1.24. The van der Waals surface area contributed by atoms with Crippen LogP contribution in [0, 0.1) is 17.8 Å². The van der Waals surface area contributed by atoms with E-state index in [1.165, 1.54) is 38.1 Å². The summed E-state index contributed by atoms with van der Waals surface area (Å²) in [4.78, 5) is 38.5. The highest BCUT2D eigenvalue weighted by Gasteiger charge is 2.40. The molecule has 170 valence electrons. The van der Waals surface area contributed by atoms with Gasteiger partial charge in [0.15, 0.2) is 0 Å². The third kappa shape index (κ3) is 3.76. The van der Waals surface area contributed by atoms with E-state index in [9.17, 15) is 14.7 Å². The summed E-state index contributed by atoms with van der Waals surface area (Å²) in [6, 6.07) is 0. The Morgan fingerprint density at radius 3 is 2.62 bits per heavy atom. The average molecular weight is 456 g/mol. The summed E-state index contributed by atoms with van der Waals surface area (Å²) in [5.74, 6) is 1.95. The fraction of sp³-hybridized carbons (Fsp3) is 0.609. The van der Waals surface area contributed by atoms with Crippen molar-refractivity contribution in [3.8, 4) is 0 Å². The smallest absolute Gasteiger partial charge is 0.341 e. The molecule has 1 aliphatic heterocycles. The lowest BCUT2D eigenvalue weighted by molar-refractivity contribution is 0.0695. The highest BCUT2D eigenvalue weighted by Crippen LogP contribution is 2.49. The molecule has 32 heavy (non-hydrogen) atoms. The number of aryl methyl sites for hydroxylation is 1. The van der Waals surface area contributed by atoms with E-state index < -0.39 is 11.4 Å². The highest BCUT2D eigenvalue weighted by molar-refractivity contribution is 7.80. The van der Waals surface area contributed by atoms with Crippen molar-refractivity contribution in [3.63, 3.8) is 0 Å². The number of hydrogen-bond acceptors (Lipinski definition) is 6. The first-order chi connectivity index (χ1) is 15.4. The van der Waals surface area contributed by atoms with E-state index in [4.69, 9.17) is 12.2 Å². The lowest BCUT2D eigenvalue weighted by Gasteiger charge is -2.37. The van der Waals surface area contributed by atoms with Gasteiger partial charge in [-0.25, -0.2) is 9.78 Å². The number of thiocarbonyl (C=S) groups is 1. The Labute approximate surface area is 192 Å². The second-order valence-corrected chi connectivity index (χ2v) is 9.85. The Morgan fingerprint density at radius 1 is 1.22 bits per heavy atom. The molecule has 0 radical (unpaired) electrons. The van der Waals surface area contributed by atoms with Crippen LogP contribution in [0.2, 0.25) is 0 Å². The number of hydrogen-bond donors (Lipinski definition) is 1. The minimum Gasteiger partial charge on any atom is -0.477 e. The number of aromatic carboxylic acids is 1.